The zero-order chi connectivity index (χ0) is 22.3. The van der Waals surface area contributed by atoms with Crippen LogP contribution in [-0.2, 0) is 19.0 Å². The zero-order valence-electron chi connectivity index (χ0n) is 16.4. The smallest absolute Gasteiger partial charge is 0.297 e. The molecule has 0 spiro atoms. The Hall–Kier alpha value is -2.27. The van der Waals surface area contributed by atoms with E-state index >= 15 is 0 Å². The lowest BCUT2D eigenvalue weighted by Gasteiger charge is -2.18. The number of aromatic nitrogens is 1. The summed E-state index contributed by atoms with van der Waals surface area (Å²) in [5, 5.41) is 22.2. The van der Waals surface area contributed by atoms with Crippen molar-refractivity contribution in [3.63, 3.8) is 0 Å². The van der Waals surface area contributed by atoms with Crippen molar-refractivity contribution in [2.75, 3.05) is 6.61 Å². The number of benzene rings is 2. The molecule has 0 amide bonds. The van der Waals surface area contributed by atoms with Gasteiger partial charge in [-0.15, -0.1) is 0 Å². The molecule has 1 aliphatic heterocycles. The fourth-order valence-electron chi connectivity index (χ4n) is 3.45. The second-order valence-electron chi connectivity index (χ2n) is 7.36. The SMILES string of the molecule is Cc1ccc(S(=O)(=O)OC[C@H]2O[C@@H](n3ccc4ccc(Cl)cc4c3=O)[C@@H](O)[C@@H]2O)cc1. The third-order valence-electron chi connectivity index (χ3n) is 5.20. The Labute approximate surface area is 183 Å². The number of aliphatic hydroxyl groups excluding tert-OH is 2. The van der Waals surface area contributed by atoms with Gasteiger partial charge in [-0.1, -0.05) is 35.4 Å². The van der Waals surface area contributed by atoms with Gasteiger partial charge in [-0.25, -0.2) is 0 Å². The van der Waals surface area contributed by atoms with Gasteiger partial charge >= 0.3 is 0 Å². The minimum atomic E-state index is -4.09. The summed E-state index contributed by atoms with van der Waals surface area (Å²) < 4.78 is 36.6. The maximum absolute atomic E-state index is 12.9. The van der Waals surface area contributed by atoms with Crippen molar-refractivity contribution < 1.29 is 27.6 Å². The average Bonchev–Trinajstić information content (AvgIpc) is 3.02. The van der Waals surface area contributed by atoms with Crippen LogP contribution in [0.25, 0.3) is 10.8 Å². The van der Waals surface area contributed by atoms with Crippen molar-refractivity contribution in [3.8, 4) is 0 Å². The molecule has 0 unspecified atom stereocenters. The lowest BCUT2D eigenvalue weighted by molar-refractivity contribution is -0.0500. The number of fused-ring (bicyclic) bond motifs is 1. The van der Waals surface area contributed by atoms with E-state index in [-0.39, 0.29) is 4.90 Å². The van der Waals surface area contributed by atoms with E-state index in [9.17, 15) is 23.4 Å². The summed E-state index contributed by atoms with van der Waals surface area (Å²) >= 11 is 5.98. The number of halogens is 1. The van der Waals surface area contributed by atoms with Gasteiger partial charge in [0.1, 0.15) is 18.3 Å². The summed E-state index contributed by atoms with van der Waals surface area (Å²) in [6.07, 6.45) is -3.88. The van der Waals surface area contributed by atoms with E-state index in [0.29, 0.717) is 15.8 Å². The average molecular weight is 466 g/mol. The van der Waals surface area contributed by atoms with Crippen LogP contribution in [0.1, 0.15) is 11.8 Å². The second-order valence-corrected chi connectivity index (χ2v) is 9.41. The third kappa shape index (κ3) is 4.25. The largest absolute Gasteiger partial charge is 0.387 e. The molecule has 31 heavy (non-hydrogen) atoms. The third-order valence-corrected chi connectivity index (χ3v) is 6.73. The fourth-order valence-corrected chi connectivity index (χ4v) is 4.54. The standard InChI is InChI=1S/C21H20ClNO7S/c1-12-2-6-15(7-3-12)31(27,28)29-11-17-18(24)19(25)21(30-17)23-9-8-13-4-5-14(22)10-16(13)20(23)26/h2-10,17-19,21,24-25H,11H2,1H3/t17-,18-,19+,21-/m1/s1. The van der Waals surface area contributed by atoms with Gasteiger partial charge in [0.05, 0.1) is 11.5 Å². The molecule has 1 fully saturated rings. The Kier molecular flexibility index (Phi) is 5.91. The number of aliphatic hydroxyl groups is 2. The molecule has 164 valence electrons. The van der Waals surface area contributed by atoms with E-state index in [1.807, 2.05) is 6.92 Å². The van der Waals surface area contributed by atoms with Crippen LogP contribution in [0.3, 0.4) is 0 Å². The van der Waals surface area contributed by atoms with Gasteiger partial charge in [0.25, 0.3) is 15.7 Å². The summed E-state index contributed by atoms with van der Waals surface area (Å²) in [5.41, 5.74) is 0.423. The summed E-state index contributed by atoms with van der Waals surface area (Å²) in [5.74, 6) is 0. The highest BCUT2D eigenvalue weighted by atomic mass is 35.5. The highest BCUT2D eigenvalue weighted by molar-refractivity contribution is 7.86. The molecule has 1 saturated heterocycles. The topological polar surface area (TPSA) is 115 Å². The van der Waals surface area contributed by atoms with E-state index in [1.165, 1.54) is 24.4 Å². The number of hydrogen-bond donors (Lipinski definition) is 2. The summed E-state index contributed by atoms with van der Waals surface area (Å²) in [6.45, 7) is 1.29. The Morgan fingerprint density at radius 3 is 2.52 bits per heavy atom. The molecule has 10 heteroatoms. The minimum Gasteiger partial charge on any atom is -0.387 e. The van der Waals surface area contributed by atoms with Gasteiger partial charge in [0, 0.05) is 16.6 Å². The molecule has 4 rings (SSSR count). The molecular formula is C21H20ClNO7S. The normalized spacial score (nSPS) is 24.0. The Bertz CT molecular complexity index is 1270. The molecular weight excluding hydrogens is 446 g/mol. The predicted molar refractivity (Wildman–Crippen MR) is 113 cm³/mol. The molecule has 2 N–H and O–H groups in total. The van der Waals surface area contributed by atoms with E-state index in [0.717, 1.165) is 10.1 Å². The zero-order valence-corrected chi connectivity index (χ0v) is 18.0. The lowest BCUT2D eigenvalue weighted by Crippen LogP contribution is -2.35. The molecule has 0 aliphatic carbocycles. The van der Waals surface area contributed by atoms with Crippen LogP contribution in [0.5, 0.6) is 0 Å². The lowest BCUT2D eigenvalue weighted by atomic mass is 10.1. The Morgan fingerprint density at radius 1 is 1.10 bits per heavy atom. The van der Waals surface area contributed by atoms with Crippen LogP contribution in [0, 0.1) is 6.92 Å². The summed E-state index contributed by atoms with van der Waals surface area (Å²) in [7, 11) is -4.09. The summed E-state index contributed by atoms with van der Waals surface area (Å²) in [4.78, 5) is 12.8. The van der Waals surface area contributed by atoms with Gasteiger partial charge in [-0.3, -0.25) is 13.5 Å². The first-order valence-electron chi connectivity index (χ1n) is 9.45. The van der Waals surface area contributed by atoms with Crippen LogP contribution in [0.2, 0.25) is 5.02 Å². The van der Waals surface area contributed by atoms with Gasteiger partial charge in [0.15, 0.2) is 6.23 Å². The van der Waals surface area contributed by atoms with Crippen LogP contribution >= 0.6 is 11.6 Å². The number of hydrogen-bond acceptors (Lipinski definition) is 7. The number of pyridine rings is 1. The number of nitrogens with zero attached hydrogens (tertiary/aromatic N) is 1. The molecule has 0 saturated carbocycles. The van der Waals surface area contributed by atoms with E-state index in [2.05, 4.69) is 0 Å². The predicted octanol–water partition coefficient (Wildman–Crippen LogP) is 1.99. The first-order chi connectivity index (χ1) is 14.7. The fraction of sp³-hybridized carbons (Fsp3) is 0.286. The molecule has 1 aliphatic rings. The Balaban J connectivity index is 1.55. The molecule has 4 atom stereocenters. The monoisotopic (exact) mass is 465 g/mol. The van der Waals surface area contributed by atoms with E-state index in [4.69, 9.17) is 20.5 Å². The van der Waals surface area contributed by atoms with Crippen molar-refractivity contribution in [2.24, 2.45) is 0 Å². The van der Waals surface area contributed by atoms with Crippen LogP contribution in [-0.4, -0.2) is 48.1 Å². The van der Waals surface area contributed by atoms with Crippen molar-refractivity contribution in [3.05, 3.63) is 75.7 Å². The van der Waals surface area contributed by atoms with Crippen molar-refractivity contribution in [2.45, 2.75) is 36.4 Å². The molecule has 1 aromatic heterocycles. The highest BCUT2D eigenvalue weighted by Crippen LogP contribution is 2.30. The van der Waals surface area contributed by atoms with Crippen LogP contribution in [0.15, 0.2) is 64.4 Å². The first kappa shape index (κ1) is 21.9. The summed E-state index contributed by atoms with van der Waals surface area (Å²) in [6, 6.07) is 12.6. The first-order valence-corrected chi connectivity index (χ1v) is 11.2. The quantitative estimate of drug-likeness (QED) is 0.553. The highest BCUT2D eigenvalue weighted by Gasteiger charge is 2.44. The van der Waals surface area contributed by atoms with Gasteiger partial charge in [0.2, 0.25) is 0 Å². The van der Waals surface area contributed by atoms with Gasteiger partial charge < -0.3 is 14.9 Å². The van der Waals surface area contributed by atoms with Crippen molar-refractivity contribution in [1.82, 2.24) is 4.57 Å². The van der Waals surface area contributed by atoms with Crippen LogP contribution in [0.4, 0.5) is 0 Å². The second kappa shape index (κ2) is 8.34. The maximum atomic E-state index is 12.9. The van der Waals surface area contributed by atoms with E-state index in [1.54, 1.807) is 30.3 Å². The molecule has 3 aromatic rings. The maximum Gasteiger partial charge on any atom is 0.297 e. The molecule has 2 heterocycles. The minimum absolute atomic E-state index is 0.0367. The molecule has 2 aromatic carbocycles. The number of ether oxygens (including phenoxy) is 1. The molecule has 8 nitrogen and oxygen atoms in total. The van der Waals surface area contributed by atoms with Crippen LogP contribution < -0.4 is 5.56 Å². The molecule has 0 radical (unpaired) electrons. The number of aryl methyl sites for hydroxylation is 1. The van der Waals surface area contributed by atoms with Gasteiger partial charge in [-0.2, -0.15) is 8.42 Å². The van der Waals surface area contributed by atoms with Gasteiger partial charge in [-0.05, 0) is 42.6 Å². The van der Waals surface area contributed by atoms with E-state index < -0.39 is 46.8 Å². The van der Waals surface area contributed by atoms with Crippen molar-refractivity contribution >= 4 is 32.5 Å². The number of rotatable bonds is 5. The Morgan fingerprint density at radius 2 is 1.81 bits per heavy atom. The van der Waals surface area contributed by atoms with Crippen molar-refractivity contribution in [1.29, 1.82) is 0 Å². The molecule has 0 bridgehead atoms.